The normalized spacial score (nSPS) is 11.9. The number of aromatic nitrogens is 4. The van der Waals surface area contributed by atoms with Crippen LogP contribution < -0.4 is 10.2 Å². The van der Waals surface area contributed by atoms with E-state index in [-0.39, 0.29) is 24.1 Å². The smallest absolute Gasteiger partial charge is 0.249 e. The van der Waals surface area contributed by atoms with Crippen LogP contribution in [0, 0.1) is 5.92 Å². The van der Waals surface area contributed by atoms with Crippen LogP contribution in [0.15, 0.2) is 73.1 Å². The lowest BCUT2D eigenvalue weighted by atomic mass is 10.0. The number of para-hydroxylation sites is 1. The van der Waals surface area contributed by atoms with E-state index < -0.39 is 6.04 Å². The second kappa shape index (κ2) is 11.6. The summed E-state index contributed by atoms with van der Waals surface area (Å²) < 4.78 is 1.51. The second-order valence-electron chi connectivity index (χ2n) is 9.27. The van der Waals surface area contributed by atoms with Gasteiger partial charge in [0.15, 0.2) is 5.78 Å². The summed E-state index contributed by atoms with van der Waals surface area (Å²) in [6, 6.07) is 16.6. The topological polar surface area (TPSA) is 110 Å². The molecule has 0 fully saturated rings. The molecule has 9 heteroatoms. The Labute approximate surface area is 215 Å². The molecule has 4 rings (SSSR count). The van der Waals surface area contributed by atoms with Gasteiger partial charge in [0.05, 0.1) is 5.52 Å². The Morgan fingerprint density at radius 1 is 1.03 bits per heavy atom. The maximum Gasteiger partial charge on any atom is 0.249 e. The highest BCUT2D eigenvalue weighted by molar-refractivity contribution is 6.03. The summed E-state index contributed by atoms with van der Waals surface area (Å²) in [5, 5.41) is 11.3. The Kier molecular flexibility index (Phi) is 8.02. The number of ketones is 1. The van der Waals surface area contributed by atoms with E-state index in [1.807, 2.05) is 24.3 Å². The third-order valence-corrected chi connectivity index (χ3v) is 6.03. The SMILES string of the molecule is CC(=O)c1cccc(N(C(=O)Cn2nnc3ccccc32)[C@@H](C(=O)NCCC(C)C)c2cccnc2)c1. The number of hydrogen-bond donors (Lipinski definition) is 1. The highest BCUT2D eigenvalue weighted by Gasteiger charge is 2.33. The lowest BCUT2D eigenvalue weighted by molar-refractivity contribution is -0.127. The Morgan fingerprint density at radius 2 is 1.84 bits per heavy atom. The van der Waals surface area contributed by atoms with E-state index >= 15 is 0 Å². The van der Waals surface area contributed by atoms with Crippen LogP contribution in [0.2, 0.25) is 0 Å². The zero-order valence-corrected chi connectivity index (χ0v) is 21.2. The number of nitrogens with one attached hydrogen (secondary N) is 1. The molecule has 9 nitrogen and oxygen atoms in total. The van der Waals surface area contributed by atoms with Gasteiger partial charge in [0.25, 0.3) is 0 Å². The van der Waals surface area contributed by atoms with E-state index in [2.05, 4.69) is 34.5 Å². The molecule has 4 aromatic rings. The minimum absolute atomic E-state index is 0.143. The second-order valence-corrected chi connectivity index (χ2v) is 9.27. The van der Waals surface area contributed by atoms with Crippen molar-refractivity contribution in [2.45, 2.75) is 39.8 Å². The summed E-state index contributed by atoms with van der Waals surface area (Å²) in [6.07, 6.45) is 3.98. The number of nitrogens with zero attached hydrogens (tertiary/aromatic N) is 5. The Bertz CT molecular complexity index is 1400. The summed E-state index contributed by atoms with van der Waals surface area (Å²) in [7, 11) is 0. The van der Waals surface area contributed by atoms with Crippen molar-refractivity contribution in [1.82, 2.24) is 25.3 Å². The van der Waals surface area contributed by atoms with Gasteiger partial charge in [-0.25, -0.2) is 4.68 Å². The maximum atomic E-state index is 14.0. The number of carbonyl (C=O) groups excluding carboxylic acids is 3. The molecule has 0 aliphatic carbocycles. The van der Waals surface area contributed by atoms with Crippen molar-refractivity contribution in [3.05, 3.63) is 84.2 Å². The monoisotopic (exact) mass is 498 g/mol. The molecule has 0 aliphatic heterocycles. The zero-order chi connectivity index (χ0) is 26.4. The first-order valence-corrected chi connectivity index (χ1v) is 12.2. The number of fused-ring (bicyclic) bond motifs is 1. The summed E-state index contributed by atoms with van der Waals surface area (Å²) in [6.45, 7) is 5.94. The molecule has 2 aromatic heterocycles. The van der Waals surface area contributed by atoms with E-state index in [1.165, 1.54) is 16.5 Å². The Morgan fingerprint density at radius 3 is 2.57 bits per heavy atom. The van der Waals surface area contributed by atoms with Crippen LogP contribution in [0.25, 0.3) is 11.0 Å². The molecule has 2 aromatic carbocycles. The first kappa shape index (κ1) is 25.7. The van der Waals surface area contributed by atoms with Crippen molar-refractivity contribution in [3.8, 4) is 0 Å². The van der Waals surface area contributed by atoms with Gasteiger partial charge < -0.3 is 5.32 Å². The minimum atomic E-state index is -1.01. The highest BCUT2D eigenvalue weighted by atomic mass is 16.2. The first-order valence-electron chi connectivity index (χ1n) is 12.2. The average Bonchev–Trinajstić information content (AvgIpc) is 3.30. The van der Waals surface area contributed by atoms with Crippen LogP contribution in [0.5, 0.6) is 0 Å². The van der Waals surface area contributed by atoms with Gasteiger partial charge in [-0.1, -0.05) is 49.4 Å². The molecule has 0 saturated carbocycles. The lowest BCUT2D eigenvalue weighted by Gasteiger charge is -2.31. The minimum Gasteiger partial charge on any atom is -0.354 e. The van der Waals surface area contributed by atoms with Crippen LogP contribution in [-0.4, -0.2) is 44.1 Å². The average molecular weight is 499 g/mol. The Hall–Kier alpha value is -4.40. The fourth-order valence-corrected chi connectivity index (χ4v) is 4.09. The maximum absolute atomic E-state index is 14.0. The van der Waals surface area contributed by atoms with Gasteiger partial charge in [-0.05, 0) is 49.6 Å². The molecule has 37 heavy (non-hydrogen) atoms. The fraction of sp³-hybridized carbons (Fsp3) is 0.286. The summed E-state index contributed by atoms with van der Waals surface area (Å²) in [5.74, 6) is -0.457. The van der Waals surface area contributed by atoms with Gasteiger partial charge in [0.2, 0.25) is 11.8 Å². The molecule has 0 aliphatic rings. The van der Waals surface area contributed by atoms with E-state index in [0.29, 0.717) is 40.3 Å². The zero-order valence-electron chi connectivity index (χ0n) is 21.2. The molecule has 0 unspecified atom stereocenters. The number of benzene rings is 2. The molecular formula is C28H30N6O3. The van der Waals surface area contributed by atoms with Crippen molar-refractivity contribution < 1.29 is 14.4 Å². The predicted octanol–water partition coefficient (Wildman–Crippen LogP) is 3.97. The van der Waals surface area contributed by atoms with E-state index in [1.54, 1.807) is 48.8 Å². The summed E-state index contributed by atoms with van der Waals surface area (Å²) in [5.41, 5.74) is 2.78. The van der Waals surface area contributed by atoms with E-state index in [0.717, 1.165) is 6.42 Å². The number of rotatable bonds is 10. The van der Waals surface area contributed by atoms with Gasteiger partial charge in [-0.15, -0.1) is 5.10 Å². The van der Waals surface area contributed by atoms with Crippen LogP contribution in [0.4, 0.5) is 5.69 Å². The highest BCUT2D eigenvalue weighted by Crippen LogP contribution is 2.29. The van der Waals surface area contributed by atoms with Crippen LogP contribution in [0.1, 0.15) is 49.2 Å². The number of pyridine rings is 1. The molecule has 0 radical (unpaired) electrons. The van der Waals surface area contributed by atoms with Gasteiger partial charge in [0.1, 0.15) is 18.1 Å². The third kappa shape index (κ3) is 6.06. The number of Topliss-reactive ketones (excluding diaryl/α,β-unsaturated/α-hetero) is 1. The van der Waals surface area contributed by atoms with Crippen molar-refractivity contribution >= 4 is 34.3 Å². The summed E-state index contributed by atoms with van der Waals surface area (Å²) >= 11 is 0. The van der Waals surface area contributed by atoms with Gasteiger partial charge in [0, 0.05) is 35.8 Å². The lowest BCUT2D eigenvalue weighted by Crippen LogP contribution is -2.45. The fourth-order valence-electron chi connectivity index (χ4n) is 4.09. The molecule has 2 amide bonds. The van der Waals surface area contributed by atoms with Crippen LogP contribution in [-0.2, 0) is 16.1 Å². The van der Waals surface area contributed by atoms with Crippen molar-refractivity contribution in [1.29, 1.82) is 0 Å². The number of amides is 2. The standard InChI is InChI=1S/C28H30N6O3/c1-19(2)13-15-30-28(37)27(22-9-7-14-29-17-22)34(23-10-6-8-21(16-23)20(3)35)26(36)18-33-25-12-5-4-11-24(25)31-32-33/h4-12,14,16-17,19,27H,13,15,18H2,1-3H3,(H,30,37)/t27-/m1/s1. The quantitative estimate of drug-likeness (QED) is 0.331. The van der Waals surface area contributed by atoms with Gasteiger partial charge >= 0.3 is 0 Å². The number of anilines is 1. The molecule has 0 spiro atoms. The largest absolute Gasteiger partial charge is 0.354 e. The van der Waals surface area contributed by atoms with E-state index in [4.69, 9.17) is 0 Å². The van der Waals surface area contributed by atoms with Gasteiger partial charge in [-0.3, -0.25) is 24.3 Å². The molecule has 190 valence electrons. The van der Waals surface area contributed by atoms with Crippen LogP contribution in [0.3, 0.4) is 0 Å². The van der Waals surface area contributed by atoms with Crippen molar-refractivity contribution in [2.24, 2.45) is 5.92 Å². The van der Waals surface area contributed by atoms with Gasteiger partial charge in [-0.2, -0.15) is 0 Å². The van der Waals surface area contributed by atoms with E-state index in [9.17, 15) is 14.4 Å². The predicted molar refractivity (Wildman–Crippen MR) is 141 cm³/mol. The molecular weight excluding hydrogens is 468 g/mol. The molecule has 1 atom stereocenters. The molecule has 1 N–H and O–H groups in total. The number of hydrogen-bond acceptors (Lipinski definition) is 6. The molecule has 0 saturated heterocycles. The molecule has 0 bridgehead atoms. The number of carbonyl (C=O) groups is 3. The summed E-state index contributed by atoms with van der Waals surface area (Å²) in [4.78, 5) is 45.4. The Balaban J connectivity index is 1.78. The van der Waals surface area contributed by atoms with Crippen molar-refractivity contribution in [2.75, 3.05) is 11.4 Å². The first-order chi connectivity index (χ1) is 17.8. The van der Waals surface area contributed by atoms with Crippen molar-refractivity contribution in [3.63, 3.8) is 0 Å². The van der Waals surface area contributed by atoms with Crippen LogP contribution >= 0.6 is 0 Å². The third-order valence-electron chi connectivity index (χ3n) is 6.03. The molecule has 2 heterocycles.